The van der Waals surface area contributed by atoms with E-state index < -0.39 is 15.7 Å². The summed E-state index contributed by atoms with van der Waals surface area (Å²) in [5, 5.41) is 1.41. The summed E-state index contributed by atoms with van der Waals surface area (Å²) in [7, 11) is 42.4. The van der Waals surface area contributed by atoms with E-state index in [1.807, 2.05) is 4.57 Å². The molecule has 2 amide bonds. The molecule has 0 bridgehead atoms. The minimum Gasteiger partial charge on any atom is -0.492 e. The molecular formula is C24H23B7N8O3. The van der Waals surface area contributed by atoms with Gasteiger partial charge in [0.1, 0.15) is 21.4 Å². The first-order chi connectivity index (χ1) is 19.5. The number of hydrogen-bond donors (Lipinski definition) is 3. The second kappa shape index (κ2) is 11.5. The van der Waals surface area contributed by atoms with Crippen LogP contribution in [0.5, 0.6) is 5.88 Å². The average molecular weight is 547 g/mol. The lowest BCUT2D eigenvalue weighted by molar-refractivity contribution is 0.0701. The van der Waals surface area contributed by atoms with Crippen molar-refractivity contribution in [1.29, 1.82) is 0 Å². The molecule has 0 saturated heterocycles. The molecule has 11 nitrogen and oxygen atoms in total. The zero-order valence-corrected chi connectivity index (χ0v) is 23.0. The Balaban J connectivity index is 1.46. The van der Waals surface area contributed by atoms with E-state index in [4.69, 9.17) is 71.2 Å². The number of aromatic nitrogens is 2. The third-order valence-electron chi connectivity index (χ3n) is 6.87. The van der Waals surface area contributed by atoms with Gasteiger partial charge in [-0.3, -0.25) is 9.59 Å². The molecule has 14 radical (unpaired) electrons. The highest BCUT2D eigenvalue weighted by atomic mass is 16.5. The van der Waals surface area contributed by atoms with Gasteiger partial charge in [-0.1, -0.05) is 17.3 Å². The van der Waals surface area contributed by atoms with Gasteiger partial charge in [-0.2, -0.15) is 0 Å². The molecule has 5 N–H and O–H groups in total. The molecule has 4 rings (SSSR count). The molecule has 0 saturated carbocycles. The molecule has 3 heterocycles. The van der Waals surface area contributed by atoms with Gasteiger partial charge in [0.15, 0.2) is 5.84 Å². The van der Waals surface area contributed by atoms with Crippen LogP contribution in [0, 0.1) is 0 Å². The predicted molar refractivity (Wildman–Crippen MR) is 166 cm³/mol. The van der Waals surface area contributed by atoms with Gasteiger partial charge in [-0.25, -0.2) is 15.9 Å². The molecule has 0 unspecified atom stereocenters. The number of benzene rings is 1. The van der Waals surface area contributed by atoms with E-state index in [0.717, 1.165) is 5.12 Å². The molecule has 198 valence electrons. The number of ether oxygens (including phenoxy) is 1. The fourth-order valence-corrected chi connectivity index (χ4v) is 4.39. The fourth-order valence-electron chi connectivity index (χ4n) is 4.39. The number of nitrogens with two attached hydrogens (primary N) is 2. The summed E-state index contributed by atoms with van der Waals surface area (Å²) in [6.45, 7) is 1.32. The number of fused-ring (bicyclic) bond motifs is 3. The highest BCUT2D eigenvalue weighted by Crippen LogP contribution is 2.47. The number of hydrazone groups is 1. The Labute approximate surface area is 253 Å². The molecule has 2 aromatic heterocycles. The maximum Gasteiger partial charge on any atom is 0.270 e. The fraction of sp³-hybridized carbons (Fsp3) is 0.333. The van der Waals surface area contributed by atoms with Crippen LogP contribution in [0.1, 0.15) is 26.4 Å². The molecule has 1 aliphatic rings. The minimum absolute atomic E-state index is 0.0541. The molecule has 0 aliphatic carbocycles. The van der Waals surface area contributed by atoms with Gasteiger partial charge in [-0.15, -0.1) is 10.2 Å². The van der Waals surface area contributed by atoms with E-state index in [9.17, 15) is 9.59 Å². The van der Waals surface area contributed by atoms with Crippen LogP contribution in [0.3, 0.4) is 0 Å². The van der Waals surface area contributed by atoms with Crippen LogP contribution in [0.25, 0.3) is 10.9 Å². The lowest BCUT2D eigenvalue weighted by Crippen LogP contribution is -2.56. The van der Waals surface area contributed by atoms with Crippen molar-refractivity contribution in [2.75, 3.05) is 26.7 Å². The largest absolute Gasteiger partial charge is 0.492 e. The van der Waals surface area contributed by atoms with Crippen molar-refractivity contribution in [2.45, 2.75) is 22.3 Å². The number of hydrazine groups is 1. The number of pyridine rings is 1. The van der Waals surface area contributed by atoms with E-state index in [2.05, 4.69) is 15.4 Å². The van der Waals surface area contributed by atoms with Crippen molar-refractivity contribution in [2.24, 2.45) is 16.7 Å². The third kappa shape index (κ3) is 6.09. The quantitative estimate of drug-likeness (QED) is 0.0856. The van der Waals surface area contributed by atoms with Gasteiger partial charge in [0.05, 0.1) is 26.6 Å². The van der Waals surface area contributed by atoms with E-state index in [1.54, 1.807) is 41.3 Å². The SMILES string of the molecule is [B]C([B])([B])C([B])([B])C([B])([B])Oc1nccc2c1cc1n2CCN(CCNC(=O)c2cccc(/C(N)=N/N(C)N)c2)C1=O. The number of nitrogens with one attached hydrogen (secondary N) is 1. The maximum absolute atomic E-state index is 13.4. The molecule has 0 fully saturated rings. The van der Waals surface area contributed by atoms with Gasteiger partial charge in [-0.05, 0) is 24.3 Å². The first-order valence-corrected chi connectivity index (χ1v) is 12.7. The Morgan fingerprint density at radius 1 is 1.12 bits per heavy atom. The standard InChI is InChI=1S/C24H23B7N8O3/c1-37(33)36-18(32)13-3-2-4-14(11-13)19(40)34-7-8-38-9-10-39-16-5-6-35-20(15(16)12-17(39)21(38)41)42-24(30,31)22(25,26)23(27,28)29/h2-6,11-12H,7-10,33H2,1H3,(H2,32,36)(H,34,40). The average Bonchev–Trinajstić information content (AvgIpc) is 3.29. The first-order valence-electron chi connectivity index (χ1n) is 12.7. The predicted octanol–water partition coefficient (Wildman–Crippen LogP) is -2.25. The summed E-state index contributed by atoms with van der Waals surface area (Å²) < 4.78 is 7.48. The number of rotatable bonds is 10. The number of amides is 2. The molecule has 18 heteroatoms. The second-order valence-electron chi connectivity index (χ2n) is 10.1. The van der Waals surface area contributed by atoms with Crippen molar-refractivity contribution < 1.29 is 14.3 Å². The summed E-state index contributed by atoms with van der Waals surface area (Å²) in [4.78, 5) is 31.9. The molecule has 1 aromatic carbocycles. The summed E-state index contributed by atoms with van der Waals surface area (Å²) in [5.41, 5.74) is 7.83. The zero-order chi connectivity index (χ0) is 31.0. The lowest BCUT2D eigenvalue weighted by atomic mass is 9.16. The van der Waals surface area contributed by atoms with Crippen LogP contribution in [0.4, 0.5) is 0 Å². The van der Waals surface area contributed by atoms with Crippen molar-refractivity contribution in [3.63, 3.8) is 0 Å². The monoisotopic (exact) mass is 548 g/mol. The Morgan fingerprint density at radius 3 is 2.48 bits per heavy atom. The normalized spacial score (nSPS) is 14.5. The van der Waals surface area contributed by atoms with Crippen LogP contribution in [0.2, 0.25) is 10.3 Å². The minimum atomic E-state index is -2.35. The van der Waals surface area contributed by atoms with Crippen molar-refractivity contribution in [3.05, 3.63) is 59.4 Å². The summed E-state index contributed by atoms with van der Waals surface area (Å²) in [6, 6.07) is 9.93. The molecule has 0 atom stereocenters. The van der Waals surface area contributed by atoms with Crippen LogP contribution >= 0.6 is 0 Å². The van der Waals surface area contributed by atoms with Crippen LogP contribution in [-0.2, 0) is 6.54 Å². The Kier molecular flexibility index (Phi) is 8.60. The number of amidine groups is 1. The molecule has 3 aromatic rings. The van der Waals surface area contributed by atoms with Crippen molar-refractivity contribution in [1.82, 2.24) is 24.9 Å². The summed E-state index contributed by atoms with van der Waals surface area (Å²) >= 11 is 0. The summed E-state index contributed by atoms with van der Waals surface area (Å²) in [6.07, 6.45) is 1.45. The number of carbonyl (C=O) groups excluding carboxylic acids is 2. The highest BCUT2D eigenvalue weighted by Gasteiger charge is 2.44. The van der Waals surface area contributed by atoms with E-state index >= 15 is 0 Å². The number of hydrogen-bond acceptors (Lipinski definition) is 7. The Bertz CT molecular complexity index is 1540. The van der Waals surface area contributed by atoms with Gasteiger partial charge >= 0.3 is 0 Å². The molecule has 42 heavy (non-hydrogen) atoms. The maximum atomic E-state index is 13.4. The number of nitrogens with zero attached hydrogens (tertiary/aromatic N) is 5. The van der Waals surface area contributed by atoms with Gasteiger partial charge in [0.25, 0.3) is 11.8 Å². The van der Waals surface area contributed by atoms with Gasteiger partial charge in [0.2, 0.25) is 5.88 Å². The van der Waals surface area contributed by atoms with E-state index in [0.29, 0.717) is 40.8 Å². The second-order valence-corrected chi connectivity index (χ2v) is 10.1. The van der Waals surface area contributed by atoms with Gasteiger partial charge < -0.3 is 25.3 Å². The Hall–Kier alpha value is -3.67. The van der Waals surface area contributed by atoms with Gasteiger partial charge in [0, 0.05) is 79.5 Å². The van der Waals surface area contributed by atoms with Crippen molar-refractivity contribution in [3.8, 4) is 5.88 Å². The van der Waals surface area contributed by atoms with Crippen LogP contribution < -0.4 is 21.6 Å². The van der Waals surface area contributed by atoms with E-state index in [-0.39, 0.29) is 36.6 Å². The Morgan fingerprint density at radius 2 is 1.81 bits per heavy atom. The summed E-state index contributed by atoms with van der Waals surface area (Å²) in [5.74, 6) is 5.01. The third-order valence-corrected chi connectivity index (χ3v) is 6.87. The number of carbonyl (C=O) groups is 2. The molecule has 0 spiro atoms. The first kappa shape index (κ1) is 31.3. The van der Waals surface area contributed by atoms with Crippen LogP contribution in [0.15, 0.2) is 47.7 Å². The van der Waals surface area contributed by atoms with E-state index in [1.165, 1.54) is 13.2 Å². The smallest absolute Gasteiger partial charge is 0.270 e. The lowest BCUT2D eigenvalue weighted by Gasteiger charge is -2.53. The highest BCUT2D eigenvalue weighted by molar-refractivity contribution is 6.70. The van der Waals surface area contributed by atoms with Crippen molar-refractivity contribution >= 4 is 83.5 Å². The zero-order valence-electron chi connectivity index (χ0n) is 23.0. The topological polar surface area (TPSA) is 144 Å². The van der Waals surface area contributed by atoms with Crippen LogP contribution in [-0.4, -0.2) is 124 Å². The molecule has 1 aliphatic heterocycles. The molecular weight excluding hydrogens is 524 g/mol.